The molecule has 0 radical (unpaired) electrons. The molecule has 1 saturated carbocycles. The van der Waals surface area contributed by atoms with Crippen LogP contribution in [0.15, 0.2) is 18.2 Å². The van der Waals surface area contributed by atoms with E-state index in [1.54, 1.807) is 13.8 Å². The predicted molar refractivity (Wildman–Crippen MR) is 117 cm³/mol. The number of carbonyl (C=O) groups is 1. The van der Waals surface area contributed by atoms with E-state index < -0.39 is 29.7 Å². The smallest absolute Gasteiger partial charge is 0.257 e. The fourth-order valence-corrected chi connectivity index (χ4v) is 4.32. The third-order valence-electron chi connectivity index (χ3n) is 6.12. The second-order valence-corrected chi connectivity index (χ2v) is 9.02. The number of likely N-dealkylation sites (tertiary alicyclic amines) is 1. The first-order chi connectivity index (χ1) is 15.5. The molecule has 1 N–H and O–H groups in total. The molecule has 176 valence electrons. The van der Waals surface area contributed by atoms with Crippen molar-refractivity contribution in [2.45, 2.75) is 57.5 Å². The number of aryl methyl sites for hydroxylation is 2. The van der Waals surface area contributed by atoms with Gasteiger partial charge in [0.15, 0.2) is 0 Å². The SMILES string of the molecule is Cc1nc(C2CN(C(=O)c3ccc(F)cc3OC3CCC(F)(F)CC3)CC2=N)nc(C)c1Cl. The summed E-state index contributed by atoms with van der Waals surface area (Å²) in [5, 5.41) is 8.85. The molecule has 2 fully saturated rings. The quantitative estimate of drug-likeness (QED) is 0.660. The summed E-state index contributed by atoms with van der Waals surface area (Å²) in [7, 11) is 0. The zero-order valence-electron chi connectivity index (χ0n) is 18.3. The molecule has 1 aromatic carbocycles. The largest absolute Gasteiger partial charge is 0.489 e. The number of alkyl halides is 2. The summed E-state index contributed by atoms with van der Waals surface area (Å²) in [5.74, 6) is -3.76. The lowest BCUT2D eigenvalue weighted by atomic mass is 9.94. The van der Waals surface area contributed by atoms with Crippen LogP contribution in [0, 0.1) is 25.1 Å². The number of nitrogens with zero attached hydrogens (tertiary/aromatic N) is 3. The van der Waals surface area contributed by atoms with Crippen LogP contribution < -0.4 is 4.74 Å². The molecule has 10 heteroatoms. The number of aromatic nitrogens is 2. The highest BCUT2D eigenvalue weighted by Gasteiger charge is 2.38. The molecule has 4 rings (SSSR count). The summed E-state index contributed by atoms with van der Waals surface area (Å²) in [4.78, 5) is 23.5. The van der Waals surface area contributed by atoms with Gasteiger partial charge >= 0.3 is 0 Å². The van der Waals surface area contributed by atoms with E-state index >= 15 is 0 Å². The Morgan fingerprint density at radius 2 is 1.85 bits per heavy atom. The van der Waals surface area contributed by atoms with Gasteiger partial charge in [0.05, 0.1) is 40.5 Å². The minimum Gasteiger partial charge on any atom is -0.489 e. The van der Waals surface area contributed by atoms with Crippen LogP contribution in [0.5, 0.6) is 5.75 Å². The Hall–Kier alpha value is -2.68. The van der Waals surface area contributed by atoms with Crippen LogP contribution in [0.25, 0.3) is 0 Å². The van der Waals surface area contributed by atoms with Gasteiger partial charge in [0.2, 0.25) is 5.92 Å². The first-order valence-corrected chi connectivity index (χ1v) is 11.1. The second-order valence-electron chi connectivity index (χ2n) is 8.64. The molecule has 6 nitrogen and oxygen atoms in total. The number of halogens is 4. The van der Waals surface area contributed by atoms with Gasteiger partial charge in [-0.25, -0.2) is 23.1 Å². The lowest BCUT2D eigenvalue weighted by Crippen LogP contribution is -2.32. The van der Waals surface area contributed by atoms with E-state index in [0.717, 1.165) is 12.1 Å². The maximum absolute atomic E-state index is 13.9. The van der Waals surface area contributed by atoms with E-state index in [1.165, 1.54) is 11.0 Å². The summed E-state index contributed by atoms with van der Waals surface area (Å²) in [5.41, 5.74) is 1.61. The second kappa shape index (κ2) is 8.93. The van der Waals surface area contributed by atoms with Crippen LogP contribution in [0.1, 0.15) is 59.2 Å². The maximum Gasteiger partial charge on any atom is 0.257 e. The van der Waals surface area contributed by atoms with Crippen molar-refractivity contribution in [3.8, 4) is 5.75 Å². The molecule has 1 unspecified atom stereocenters. The molecule has 2 heterocycles. The van der Waals surface area contributed by atoms with E-state index in [9.17, 15) is 18.0 Å². The predicted octanol–water partition coefficient (Wildman–Crippen LogP) is 5.10. The average Bonchev–Trinajstić information content (AvgIpc) is 3.14. The van der Waals surface area contributed by atoms with Gasteiger partial charge in [0, 0.05) is 31.2 Å². The average molecular weight is 481 g/mol. The van der Waals surface area contributed by atoms with Crippen molar-refractivity contribution in [3.05, 3.63) is 51.8 Å². The van der Waals surface area contributed by atoms with E-state index in [1.807, 2.05) is 0 Å². The minimum atomic E-state index is -2.72. The van der Waals surface area contributed by atoms with Gasteiger partial charge in [-0.05, 0) is 38.8 Å². The topological polar surface area (TPSA) is 79.2 Å². The number of amides is 1. The van der Waals surface area contributed by atoms with Gasteiger partial charge in [0.1, 0.15) is 17.4 Å². The van der Waals surface area contributed by atoms with Crippen LogP contribution in [0.4, 0.5) is 13.2 Å². The molecule has 1 aromatic heterocycles. The molecular formula is C23H24ClF3N4O2. The number of hydrogen-bond donors (Lipinski definition) is 1. The molecule has 2 aliphatic rings. The molecule has 0 spiro atoms. The number of ether oxygens (including phenoxy) is 1. The number of benzene rings is 1. The number of carbonyl (C=O) groups excluding carboxylic acids is 1. The Labute approximate surface area is 194 Å². The van der Waals surface area contributed by atoms with Crippen molar-refractivity contribution in [2.75, 3.05) is 13.1 Å². The highest BCUT2D eigenvalue weighted by Crippen LogP contribution is 2.36. The van der Waals surface area contributed by atoms with Crippen LogP contribution in [-0.4, -0.2) is 51.6 Å². The van der Waals surface area contributed by atoms with Crippen LogP contribution in [0.2, 0.25) is 5.02 Å². The fourth-order valence-electron chi connectivity index (χ4n) is 4.24. The molecular weight excluding hydrogens is 457 g/mol. The van der Waals surface area contributed by atoms with Crippen LogP contribution >= 0.6 is 11.6 Å². The Balaban J connectivity index is 1.53. The third kappa shape index (κ3) is 4.98. The molecule has 33 heavy (non-hydrogen) atoms. The summed E-state index contributed by atoms with van der Waals surface area (Å²) in [6.07, 6.45) is -0.876. The Bertz CT molecular complexity index is 1080. The summed E-state index contributed by atoms with van der Waals surface area (Å²) in [6.45, 7) is 3.77. The number of hydrogen-bond acceptors (Lipinski definition) is 5. The van der Waals surface area contributed by atoms with Crippen molar-refractivity contribution in [2.24, 2.45) is 0 Å². The summed E-state index contributed by atoms with van der Waals surface area (Å²) in [6, 6.07) is 3.59. The minimum absolute atomic E-state index is 0.0274. The first-order valence-electron chi connectivity index (χ1n) is 10.8. The van der Waals surface area contributed by atoms with Crippen molar-refractivity contribution >= 4 is 23.2 Å². The lowest BCUT2D eigenvalue weighted by Gasteiger charge is -2.29. The molecule has 1 amide bonds. The van der Waals surface area contributed by atoms with Crippen molar-refractivity contribution in [1.29, 1.82) is 5.41 Å². The highest BCUT2D eigenvalue weighted by molar-refractivity contribution is 6.31. The van der Waals surface area contributed by atoms with E-state index in [-0.39, 0.29) is 55.8 Å². The van der Waals surface area contributed by atoms with Gasteiger partial charge in [-0.15, -0.1) is 0 Å². The van der Waals surface area contributed by atoms with E-state index in [4.69, 9.17) is 21.7 Å². The van der Waals surface area contributed by atoms with Gasteiger partial charge in [-0.1, -0.05) is 11.6 Å². The first kappa shape index (κ1) is 23.5. The number of nitrogens with one attached hydrogen (secondary N) is 1. The summed E-state index contributed by atoms with van der Waals surface area (Å²) >= 11 is 6.15. The van der Waals surface area contributed by atoms with Gasteiger partial charge in [-0.2, -0.15) is 0 Å². The molecule has 1 saturated heterocycles. The standard InChI is InChI=1S/C23H24ClF3N4O2/c1-12-20(24)13(2)30-21(29-12)17-10-31(11-18(17)28)22(32)16-4-3-14(25)9-19(16)33-15-5-7-23(26,27)8-6-15/h3-4,9,15,17,28H,5-8,10-11H2,1-2H3. The van der Waals surface area contributed by atoms with Gasteiger partial charge < -0.3 is 15.0 Å². The van der Waals surface area contributed by atoms with E-state index in [2.05, 4.69) is 9.97 Å². The van der Waals surface area contributed by atoms with E-state index in [0.29, 0.717) is 22.2 Å². The zero-order chi connectivity index (χ0) is 23.9. The lowest BCUT2D eigenvalue weighted by molar-refractivity contribution is -0.0583. The van der Waals surface area contributed by atoms with Gasteiger partial charge in [0.25, 0.3) is 5.91 Å². The van der Waals surface area contributed by atoms with Gasteiger partial charge in [-0.3, -0.25) is 4.79 Å². The molecule has 1 aliphatic carbocycles. The van der Waals surface area contributed by atoms with Crippen LogP contribution in [-0.2, 0) is 0 Å². The van der Waals surface area contributed by atoms with Crippen LogP contribution in [0.3, 0.4) is 0 Å². The maximum atomic E-state index is 13.9. The zero-order valence-corrected chi connectivity index (χ0v) is 19.1. The number of rotatable bonds is 4. The third-order valence-corrected chi connectivity index (χ3v) is 6.66. The molecule has 1 aliphatic heterocycles. The molecule has 2 aromatic rings. The summed E-state index contributed by atoms with van der Waals surface area (Å²) < 4.78 is 46.7. The highest BCUT2D eigenvalue weighted by atomic mass is 35.5. The van der Waals surface area contributed by atoms with Crippen molar-refractivity contribution < 1.29 is 22.7 Å². The van der Waals surface area contributed by atoms with Crippen molar-refractivity contribution in [1.82, 2.24) is 14.9 Å². The monoisotopic (exact) mass is 480 g/mol. The fraction of sp³-hybridized carbons (Fsp3) is 0.478. The van der Waals surface area contributed by atoms with Crippen molar-refractivity contribution in [3.63, 3.8) is 0 Å². The normalized spacial score (nSPS) is 20.8. The Kier molecular flexibility index (Phi) is 6.35. The Morgan fingerprint density at radius 1 is 1.21 bits per heavy atom. The molecule has 1 atom stereocenters. The molecule has 0 bridgehead atoms. The Morgan fingerprint density at radius 3 is 2.48 bits per heavy atom.